The molecule has 3 rings (SSSR count). The Balaban J connectivity index is 1.97. The smallest absolute Gasteiger partial charge is 0.287 e. The predicted octanol–water partition coefficient (Wildman–Crippen LogP) is 3.52. The van der Waals surface area contributed by atoms with Gasteiger partial charge in [0.25, 0.3) is 11.8 Å². The number of imidazole rings is 1. The van der Waals surface area contributed by atoms with Crippen molar-refractivity contribution in [3.05, 3.63) is 65.0 Å². The number of rotatable bonds is 4. The normalized spacial score (nSPS) is 11.0. The van der Waals surface area contributed by atoms with Gasteiger partial charge >= 0.3 is 0 Å². The van der Waals surface area contributed by atoms with Crippen LogP contribution < -0.4 is 10.6 Å². The van der Waals surface area contributed by atoms with E-state index in [-0.39, 0.29) is 28.5 Å². The summed E-state index contributed by atoms with van der Waals surface area (Å²) in [6, 6.07) is 8.95. The minimum absolute atomic E-state index is 0.0720. The fraction of sp³-hybridized carbons (Fsp3) is 0.167. The second-order valence-electron chi connectivity index (χ2n) is 5.95. The van der Waals surface area contributed by atoms with Gasteiger partial charge in [0.2, 0.25) is 5.82 Å². The maximum atomic E-state index is 13.3. The first-order valence-electron chi connectivity index (χ1n) is 7.91. The maximum Gasteiger partial charge on any atom is 0.287 e. The van der Waals surface area contributed by atoms with E-state index in [1.54, 1.807) is 28.8 Å². The zero-order valence-corrected chi connectivity index (χ0v) is 14.8. The van der Waals surface area contributed by atoms with Crippen molar-refractivity contribution in [2.45, 2.75) is 19.9 Å². The van der Waals surface area contributed by atoms with Crippen molar-refractivity contribution >= 4 is 34.6 Å². The van der Waals surface area contributed by atoms with E-state index in [1.165, 1.54) is 12.1 Å². The number of nitrogens with one attached hydrogen (secondary N) is 2. The average Bonchev–Trinajstić information content (AvgIpc) is 2.97. The molecule has 0 saturated heterocycles. The summed E-state index contributed by atoms with van der Waals surface area (Å²) in [7, 11) is 0. The molecule has 0 radical (unpaired) electrons. The number of nitrogens with zero attached hydrogens (tertiary/aromatic N) is 2. The van der Waals surface area contributed by atoms with Gasteiger partial charge in [0.1, 0.15) is 5.82 Å². The fourth-order valence-electron chi connectivity index (χ4n) is 2.46. The first-order valence-corrected chi connectivity index (χ1v) is 8.29. The first-order chi connectivity index (χ1) is 12.4. The highest BCUT2D eigenvalue weighted by Gasteiger charge is 2.22. The number of amides is 2. The summed E-state index contributed by atoms with van der Waals surface area (Å²) in [6.07, 6.45) is 1.66. The highest BCUT2D eigenvalue weighted by molar-refractivity contribution is 6.31. The quantitative estimate of drug-likeness (QED) is 0.733. The molecule has 2 aromatic heterocycles. The Morgan fingerprint density at radius 3 is 2.65 bits per heavy atom. The van der Waals surface area contributed by atoms with Crippen LogP contribution in [-0.2, 0) is 0 Å². The molecule has 0 atom stereocenters. The van der Waals surface area contributed by atoms with E-state index in [2.05, 4.69) is 15.6 Å². The molecule has 6 nitrogen and oxygen atoms in total. The summed E-state index contributed by atoms with van der Waals surface area (Å²) < 4.78 is 14.8. The lowest BCUT2D eigenvalue weighted by Crippen LogP contribution is -2.31. The number of anilines is 1. The molecule has 2 N–H and O–H groups in total. The molecule has 0 unspecified atom stereocenters. The molecule has 0 aliphatic carbocycles. The molecule has 0 fully saturated rings. The van der Waals surface area contributed by atoms with Crippen molar-refractivity contribution in [2.75, 3.05) is 5.32 Å². The second kappa shape index (κ2) is 7.13. The van der Waals surface area contributed by atoms with E-state index in [0.29, 0.717) is 11.2 Å². The van der Waals surface area contributed by atoms with Crippen molar-refractivity contribution in [3.63, 3.8) is 0 Å². The molecule has 8 heteroatoms. The van der Waals surface area contributed by atoms with E-state index in [1.807, 2.05) is 13.8 Å². The number of halogens is 2. The molecule has 0 bridgehead atoms. The number of hydrogen-bond donors (Lipinski definition) is 2. The van der Waals surface area contributed by atoms with Gasteiger partial charge in [0.05, 0.1) is 10.5 Å². The Bertz CT molecular complexity index is 1000. The lowest BCUT2D eigenvalue weighted by molar-refractivity contribution is 0.0932. The van der Waals surface area contributed by atoms with Crippen molar-refractivity contribution in [2.24, 2.45) is 0 Å². The Kier molecular flexibility index (Phi) is 4.90. The largest absolute Gasteiger partial charge is 0.347 e. The number of fused-ring (bicyclic) bond motifs is 1. The molecule has 0 spiro atoms. The molecule has 1 aromatic carbocycles. The van der Waals surface area contributed by atoms with Crippen molar-refractivity contribution < 1.29 is 14.0 Å². The summed E-state index contributed by atoms with van der Waals surface area (Å²) in [5.74, 6) is -1.38. The van der Waals surface area contributed by atoms with Crippen molar-refractivity contribution in [3.8, 4) is 0 Å². The van der Waals surface area contributed by atoms with Crippen LogP contribution in [0.1, 0.15) is 35.0 Å². The summed E-state index contributed by atoms with van der Waals surface area (Å²) in [6.45, 7) is 3.67. The van der Waals surface area contributed by atoms with Gasteiger partial charge in [0.15, 0.2) is 5.69 Å². The zero-order chi connectivity index (χ0) is 18.8. The molecule has 26 heavy (non-hydrogen) atoms. The van der Waals surface area contributed by atoms with Crippen molar-refractivity contribution in [1.82, 2.24) is 14.7 Å². The van der Waals surface area contributed by atoms with E-state index in [4.69, 9.17) is 11.6 Å². The van der Waals surface area contributed by atoms with E-state index < -0.39 is 11.7 Å². The summed E-state index contributed by atoms with van der Waals surface area (Å²) >= 11 is 5.73. The third-order valence-electron chi connectivity index (χ3n) is 3.56. The van der Waals surface area contributed by atoms with Gasteiger partial charge in [-0.1, -0.05) is 17.7 Å². The summed E-state index contributed by atoms with van der Waals surface area (Å²) in [4.78, 5) is 29.2. The molecule has 0 aliphatic heterocycles. The van der Waals surface area contributed by atoms with Crippen LogP contribution >= 0.6 is 11.6 Å². The molecule has 0 saturated carbocycles. The third kappa shape index (κ3) is 3.52. The summed E-state index contributed by atoms with van der Waals surface area (Å²) in [5, 5.41) is 5.27. The molecule has 0 aliphatic rings. The summed E-state index contributed by atoms with van der Waals surface area (Å²) in [5.41, 5.74) is 0.888. The van der Waals surface area contributed by atoms with Crippen LogP contribution in [0.5, 0.6) is 0 Å². The van der Waals surface area contributed by atoms with E-state index in [0.717, 1.165) is 6.07 Å². The Hall–Kier alpha value is -2.93. The van der Waals surface area contributed by atoms with Gasteiger partial charge in [-0.25, -0.2) is 9.37 Å². The Labute approximate surface area is 154 Å². The number of hydrogen-bond acceptors (Lipinski definition) is 3. The van der Waals surface area contributed by atoms with Crippen LogP contribution in [0.2, 0.25) is 5.02 Å². The first kappa shape index (κ1) is 17.9. The third-order valence-corrected chi connectivity index (χ3v) is 3.85. The minimum atomic E-state index is -0.579. The van der Waals surface area contributed by atoms with Gasteiger partial charge in [-0.3, -0.25) is 14.0 Å². The lowest BCUT2D eigenvalue weighted by Gasteiger charge is -2.06. The van der Waals surface area contributed by atoms with Crippen molar-refractivity contribution in [1.29, 1.82) is 0 Å². The topological polar surface area (TPSA) is 75.5 Å². The SMILES string of the molecule is CC(C)NC(=O)c1nc(C(=O)Nc2ccc(F)c(Cl)c2)c2ccccn12. The molecule has 2 heterocycles. The van der Waals surface area contributed by atoms with Crippen LogP contribution in [0.3, 0.4) is 0 Å². The molecule has 2 amide bonds. The lowest BCUT2D eigenvalue weighted by atomic mass is 10.2. The molecular formula is C18H16ClFN4O2. The Morgan fingerprint density at radius 1 is 1.19 bits per heavy atom. The van der Waals surface area contributed by atoms with Gasteiger partial charge in [-0.15, -0.1) is 0 Å². The van der Waals surface area contributed by atoms with Crippen LogP contribution in [0.25, 0.3) is 5.52 Å². The predicted molar refractivity (Wildman–Crippen MR) is 97.2 cm³/mol. The van der Waals surface area contributed by atoms with Gasteiger partial charge in [-0.05, 0) is 44.2 Å². The molecule has 3 aromatic rings. The highest BCUT2D eigenvalue weighted by atomic mass is 35.5. The van der Waals surface area contributed by atoms with Gasteiger partial charge in [0, 0.05) is 17.9 Å². The van der Waals surface area contributed by atoms with Gasteiger partial charge < -0.3 is 10.6 Å². The Morgan fingerprint density at radius 2 is 1.96 bits per heavy atom. The van der Waals surface area contributed by atoms with Crippen LogP contribution in [0, 0.1) is 5.82 Å². The number of aromatic nitrogens is 2. The number of carbonyl (C=O) groups is 2. The zero-order valence-electron chi connectivity index (χ0n) is 14.1. The maximum absolute atomic E-state index is 13.3. The highest BCUT2D eigenvalue weighted by Crippen LogP contribution is 2.21. The molecule has 134 valence electrons. The fourth-order valence-corrected chi connectivity index (χ4v) is 2.64. The monoisotopic (exact) mass is 374 g/mol. The number of benzene rings is 1. The van der Waals surface area contributed by atoms with E-state index >= 15 is 0 Å². The second-order valence-corrected chi connectivity index (χ2v) is 6.36. The van der Waals surface area contributed by atoms with E-state index in [9.17, 15) is 14.0 Å². The number of pyridine rings is 1. The average molecular weight is 375 g/mol. The van der Waals surface area contributed by atoms with Crippen LogP contribution in [0.15, 0.2) is 42.6 Å². The van der Waals surface area contributed by atoms with Crippen LogP contribution in [0.4, 0.5) is 10.1 Å². The van der Waals surface area contributed by atoms with Crippen LogP contribution in [-0.4, -0.2) is 27.2 Å². The molecular weight excluding hydrogens is 359 g/mol. The number of carbonyl (C=O) groups excluding carboxylic acids is 2. The minimum Gasteiger partial charge on any atom is -0.347 e. The van der Waals surface area contributed by atoms with Gasteiger partial charge in [-0.2, -0.15) is 0 Å². The standard InChI is InChI=1S/C18H16ClFN4O2/c1-10(2)21-18(26)16-23-15(14-5-3-4-8-24(14)16)17(25)22-11-6-7-13(20)12(19)9-11/h3-10H,1-2H3,(H,21,26)(H,22,25).